The average molecular weight is 260 g/mol. The monoisotopic (exact) mass is 260 g/mol. The van der Waals surface area contributed by atoms with Crippen LogP contribution in [0.1, 0.15) is 17.0 Å². The molecule has 98 valence electrons. The van der Waals surface area contributed by atoms with Gasteiger partial charge in [0.25, 0.3) is 5.91 Å². The Hall–Kier alpha value is -2.64. The molecule has 19 heavy (non-hydrogen) atoms. The summed E-state index contributed by atoms with van der Waals surface area (Å²) in [6.07, 6.45) is 4.26. The van der Waals surface area contributed by atoms with Crippen molar-refractivity contribution >= 4 is 23.4 Å². The minimum absolute atomic E-state index is 0.133. The Morgan fingerprint density at radius 2 is 2.11 bits per heavy atom. The molecule has 0 unspecified atom stereocenters. The summed E-state index contributed by atoms with van der Waals surface area (Å²) < 4.78 is 0. The lowest BCUT2D eigenvalue weighted by Crippen LogP contribution is -2.47. The van der Waals surface area contributed by atoms with Crippen LogP contribution in [-0.2, 0) is 0 Å². The van der Waals surface area contributed by atoms with Gasteiger partial charge in [-0.05, 0) is 6.42 Å². The molecule has 0 radical (unpaired) electrons. The third-order valence-corrected chi connectivity index (χ3v) is 3.16. The van der Waals surface area contributed by atoms with Gasteiger partial charge in [0.05, 0.1) is 18.4 Å². The van der Waals surface area contributed by atoms with Gasteiger partial charge in [-0.1, -0.05) is 6.08 Å². The van der Waals surface area contributed by atoms with Crippen molar-refractivity contribution in [3.8, 4) is 0 Å². The van der Waals surface area contributed by atoms with Crippen molar-refractivity contribution in [2.75, 3.05) is 22.9 Å². The van der Waals surface area contributed by atoms with E-state index in [0.717, 1.165) is 18.7 Å². The van der Waals surface area contributed by atoms with Gasteiger partial charge in [-0.25, -0.2) is 19.7 Å². The quantitative estimate of drug-likeness (QED) is 0.710. The Balaban J connectivity index is 2.19. The highest BCUT2D eigenvalue weighted by molar-refractivity contribution is 5.99. The largest absolute Gasteiger partial charge is 0.363 e. The zero-order valence-electron chi connectivity index (χ0n) is 10.0. The maximum absolute atomic E-state index is 11.6. The number of hydrogen-bond donors (Lipinski definition) is 2. The van der Waals surface area contributed by atoms with Crippen molar-refractivity contribution in [1.82, 2.24) is 9.97 Å². The van der Waals surface area contributed by atoms with Crippen molar-refractivity contribution in [1.29, 1.82) is 0 Å². The molecular formula is C11H12N6O2. The number of nitrogens with zero attached hydrogens (tertiary/aromatic N) is 4. The van der Waals surface area contributed by atoms with Gasteiger partial charge in [0.15, 0.2) is 5.82 Å². The highest BCUT2D eigenvalue weighted by Gasteiger charge is 2.33. The normalized spacial score (nSPS) is 16.7. The van der Waals surface area contributed by atoms with E-state index in [1.54, 1.807) is 0 Å². The first kappa shape index (κ1) is 11.5. The van der Waals surface area contributed by atoms with Gasteiger partial charge in [-0.15, -0.1) is 0 Å². The molecule has 8 nitrogen and oxygen atoms in total. The minimum Gasteiger partial charge on any atom is -0.363 e. The summed E-state index contributed by atoms with van der Waals surface area (Å²) in [6, 6.07) is -0.636. The highest BCUT2D eigenvalue weighted by atomic mass is 16.2. The Kier molecular flexibility index (Phi) is 2.37. The fourth-order valence-electron chi connectivity index (χ4n) is 2.35. The molecule has 2 bridgehead atoms. The van der Waals surface area contributed by atoms with E-state index in [-0.39, 0.29) is 5.82 Å². The van der Waals surface area contributed by atoms with Crippen molar-refractivity contribution in [3.05, 3.63) is 23.8 Å². The summed E-state index contributed by atoms with van der Waals surface area (Å²) in [5.41, 5.74) is 12.0. The van der Waals surface area contributed by atoms with Crippen LogP contribution in [0.2, 0.25) is 0 Å². The molecule has 0 atom stereocenters. The number of primary amides is 2. The van der Waals surface area contributed by atoms with E-state index in [1.807, 2.05) is 11.0 Å². The zero-order valence-corrected chi connectivity index (χ0v) is 10.0. The molecule has 0 aliphatic carbocycles. The topological polar surface area (TPSA) is 118 Å². The molecular weight excluding hydrogens is 248 g/mol. The van der Waals surface area contributed by atoms with Gasteiger partial charge in [-0.3, -0.25) is 4.79 Å². The Bertz CT molecular complexity index is 611. The summed E-state index contributed by atoms with van der Waals surface area (Å²) in [6.45, 7) is 1.39. The number of aromatic nitrogens is 2. The maximum Gasteiger partial charge on any atom is 0.324 e. The van der Waals surface area contributed by atoms with Gasteiger partial charge in [0.2, 0.25) is 5.82 Å². The molecule has 1 aromatic rings. The van der Waals surface area contributed by atoms with Gasteiger partial charge in [0, 0.05) is 12.2 Å². The molecule has 0 saturated heterocycles. The number of carbonyl (C=O) groups excluding carboxylic acids is 2. The number of rotatable bonds is 1. The number of hydrogen-bond acceptors (Lipinski definition) is 5. The molecule has 4 N–H and O–H groups in total. The molecule has 3 rings (SSSR count). The third-order valence-electron chi connectivity index (χ3n) is 3.16. The van der Waals surface area contributed by atoms with Crippen LogP contribution < -0.4 is 21.3 Å². The Morgan fingerprint density at radius 3 is 2.79 bits per heavy atom. The van der Waals surface area contributed by atoms with Crippen molar-refractivity contribution < 1.29 is 9.59 Å². The average Bonchev–Trinajstić information content (AvgIpc) is 2.38. The van der Waals surface area contributed by atoms with Gasteiger partial charge in [0.1, 0.15) is 0 Å². The molecule has 3 heterocycles. The molecule has 2 aliphatic rings. The maximum atomic E-state index is 11.6. The fourth-order valence-corrected chi connectivity index (χ4v) is 2.35. The van der Waals surface area contributed by atoms with Gasteiger partial charge in [-0.2, -0.15) is 0 Å². The van der Waals surface area contributed by atoms with E-state index in [4.69, 9.17) is 11.5 Å². The second kappa shape index (κ2) is 3.94. The van der Waals surface area contributed by atoms with E-state index < -0.39 is 11.9 Å². The van der Waals surface area contributed by atoms with Crippen molar-refractivity contribution in [3.63, 3.8) is 0 Å². The van der Waals surface area contributed by atoms with E-state index in [1.165, 1.54) is 11.1 Å². The standard InChI is InChI=1S/C11H12N6O2/c12-8(18)9-14-4-7-10(15-9)17(11(13)19)6-2-1-3-16(7)5-6/h2,4H,1,3,5H2,(H2,12,18)(H2,13,19). The fraction of sp³-hybridized carbons (Fsp3) is 0.273. The molecule has 0 aromatic carbocycles. The van der Waals surface area contributed by atoms with Crippen LogP contribution >= 0.6 is 0 Å². The summed E-state index contributed by atoms with van der Waals surface area (Å²) in [4.78, 5) is 34.1. The molecule has 2 aliphatic heterocycles. The second-order valence-corrected chi connectivity index (χ2v) is 4.35. The number of amides is 3. The SMILES string of the molecule is NC(=O)c1ncc2c(n1)N(C(N)=O)C1=CCCN2C1. The third kappa shape index (κ3) is 1.68. The van der Waals surface area contributed by atoms with Crippen molar-refractivity contribution in [2.24, 2.45) is 11.5 Å². The molecule has 0 saturated carbocycles. The second-order valence-electron chi connectivity index (χ2n) is 4.35. The number of urea groups is 1. The summed E-state index contributed by atoms with van der Waals surface area (Å²) >= 11 is 0. The van der Waals surface area contributed by atoms with Crippen LogP contribution in [-0.4, -0.2) is 35.0 Å². The molecule has 3 amide bonds. The van der Waals surface area contributed by atoms with E-state index in [2.05, 4.69) is 9.97 Å². The van der Waals surface area contributed by atoms with Crippen LogP contribution in [0.3, 0.4) is 0 Å². The predicted octanol–water partition coefficient (Wildman–Crippen LogP) is -0.432. The van der Waals surface area contributed by atoms with E-state index in [9.17, 15) is 9.59 Å². The Labute approximate surface area is 108 Å². The van der Waals surface area contributed by atoms with Crippen LogP contribution in [0.15, 0.2) is 18.0 Å². The number of fused-ring (bicyclic) bond motifs is 4. The molecule has 0 spiro atoms. The van der Waals surface area contributed by atoms with E-state index >= 15 is 0 Å². The number of nitrogens with two attached hydrogens (primary N) is 2. The van der Waals surface area contributed by atoms with Gasteiger partial charge >= 0.3 is 6.03 Å². The Morgan fingerprint density at radius 1 is 1.32 bits per heavy atom. The lowest BCUT2D eigenvalue weighted by atomic mass is 10.1. The highest BCUT2D eigenvalue weighted by Crippen LogP contribution is 2.36. The first-order valence-corrected chi connectivity index (χ1v) is 5.78. The lowest BCUT2D eigenvalue weighted by Gasteiger charge is -2.39. The van der Waals surface area contributed by atoms with E-state index in [0.29, 0.717) is 18.1 Å². The summed E-state index contributed by atoms with van der Waals surface area (Å²) in [5, 5.41) is 0. The number of carbonyl (C=O) groups is 2. The van der Waals surface area contributed by atoms with Gasteiger partial charge < -0.3 is 16.4 Å². The summed E-state index contributed by atoms with van der Waals surface area (Å²) in [7, 11) is 0. The first-order chi connectivity index (χ1) is 9.08. The first-order valence-electron chi connectivity index (χ1n) is 5.78. The molecule has 0 fully saturated rings. The molecule has 1 aromatic heterocycles. The van der Waals surface area contributed by atoms with Crippen LogP contribution in [0.4, 0.5) is 16.3 Å². The number of anilines is 2. The lowest BCUT2D eigenvalue weighted by molar-refractivity contribution is 0.0990. The minimum atomic E-state index is -0.744. The summed E-state index contributed by atoms with van der Waals surface area (Å²) in [5.74, 6) is -0.563. The van der Waals surface area contributed by atoms with Crippen LogP contribution in [0, 0.1) is 0 Å². The zero-order chi connectivity index (χ0) is 13.6. The van der Waals surface area contributed by atoms with Crippen molar-refractivity contribution in [2.45, 2.75) is 6.42 Å². The van der Waals surface area contributed by atoms with Crippen LogP contribution in [0.25, 0.3) is 0 Å². The van der Waals surface area contributed by atoms with Crippen LogP contribution in [0.5, 0.6) is 0 Å². The molecule has 8 heteroatoms. The predicted molar refractivity (Wildman–Crippen MR) is 67.5 cm³/mol. The smallest absolute Gasteiger partial charge is 0.324 e.